The Morgan fingerprint density at radius 1 is 1.18 bits per heavy atom. The maximum absolute atomic E-state index is 13.3. The van der Waals surface area contributed by atoms with E-state index < -0.39 is 64.4 Å². The summed E-state index contributed by atoms with van der Waals surface area (Å²) in [6.45, 7) is 4.94. The fourth-order valence-corrected chi connectivity index (χ4v) is 6.00. The number of Topliss-reactive ketones (excluding diaryl/α,β-unsaturated/α-hetero) is 1. The number of rotatable bonds is 19. The summed E-state index contributed by atoms with van der Waals surface area (Å²) in [4.78, 5) is 47.2. The maximum atomic E-state index is 13.3. The van der Waals surface area contributed by atoms with Crippen molar-refractivity contribution in [3.8, 4) is 16.9 Å². The SMILES string of the molecule is CC1(C)C(CC(=O)/C(=N\OC(COc2ccc(-c3cn(CCCN)[n+](CCCN)c3)cc2)C(=O)O)c2csc(N)n2)C(=O)N1OS(=O)(=O)[O-]. The molecule has 1 amide bonds. The molecular weight excluding hydrogens is 684 g/mol. The van der Waals surface area contributed by atoms with Crippen LogP contribution in [0.2, 0.25) is 0 Å². The highest BCUT2D eigenvalue weighted by Crippen LogP contribution is 2.40. The van der Waals surface area contributed by atoms with Crippen molar-refractivity contribution in [1.82, 2.24) is 14.7 Å². The summed E-state index contributed by atoms with van der Waals surface area (Å²) in [5.74, 6) is -3.91. The Balaban J connectivity index is 1.45. The Kier molecular flexibility index (Phi) is 12.1. The molecule has 266 valence electrons. The molecule has 1 saturated heterocycles. The minimum absolute atomic E-state index is 0.0332. The zero-order valence-electron chi connectivity index (χ0n) is 26.8. The number of hydroxylamine groups is 2. The summed E-state index contributed by atoms with van der Waals surface area (Å²) < 4.78 is 47.1. The summed E-state index contributed by atoms with van der Waals surface area (Å²) in [5, 5.41) is 15.4. The molecule has 20 heteroatoms. The molecule has 0 spiro atoms. The standard InChI is InChI=1S/C29H38N8O10S2/c1-29(2)21(26(39)37(29)47-49(42,43)44)13-23(38)25(22-17-48-28(32)33-22)34-46-24(27(40)41)16-45-20-7-5-18(6-8-20)19-14-35(11-3-9-30)36(15-19)12-4-10-31/h5-8,14-15,17,21,24H,3-4,9-13,16,30-31H2,1-2H3,(H3-,32,33,40,41,42,43,44)/b34-25-. The first-order valence-electron chi connectivity index (χ1n) is 15.1. The number of anilines is 1. The molecule has 2 atom stereocenters. The number of carboxylic acids is 1. The second kappa shape index (κ2) is 15.8. The number of ether oxygens (including phenoxy) is 1. The van der Waals surface area contributed by atoms with Gasteiger partial charge in [0.1, 0.15) is 18.1 Å². The molecule has 2 unspecified atom stereocenters. The summed E-state index contributed by atoms with van der Waals surface area (Å²) in [6, 6.07) is 7.00. The van der Waals surface area contributed by atoms with E-state index in [9.17, 15) is 32.5 Å². The number of benzene rings is 1. The van der Waals surface area contributed by atoms with Crippen LogP contribution in [-0.2, 0) is 47.0 Å². The second-order valence-corrected chi connectivity index (χ2v) is 13.4. The average Bonchev–Trinajstić information content (AvgIpc) is 3.67. The van der Waals surface area contributed by atoms with Gasteiger partial charge >= 0.3 is 5.97 Å². The predicted molar refractivity (Wildman–Crippen MR) is 173 cm³/mol. The van der Waals surface area contributed by atoms with Gasteiger partial charge in [-0.1, -0.05) is 17.3 Å². The molecule has 1 aliphatic rings. The number of carbonyl (C=O) groups excluding carboxylic acids is 2. The van der Waals surface area contributed by atoms with Gasteiger partial charge in [-0.3, -0.25) is 9.59 Å². The van der Waals surface area contributed by atoms with Crippen LogP contribution in [0.3, 0.4) is 0 Å². The Labute approximate surface area is 285 Å². The number of carbonyl (C=O) groups is 3. The number of nitrogens with zero attached hydrogens (tertiary/aromatic N) is 5. The number of aryl methyl sites for hydroxylation is 2. The number of amides is 1. The van der Waals surface area contributed by atoms with Crippen LogP contribution >= 0.6 is 11.3 Å². The quantitative estimate of drug-likeness (QED) is 0.0317. The largest absolute Gasteiger partial charge is 0.724 e. The van der Waals surface area contributed by atoms with Crippen LogP contribution in [0.1, 0.15) is 38.8 Å². The van der Waals surface area contributed by atoms with Gasteiger partial charge in [0.25, 0.3) is 12.0 Å². The first-order valence-corrected chi connectivity index (χ1v) is 17.3. The van der Waals surface area contributed by atoms with Crippen molar-refractivity contribution in [2.75, 3.05) is 25.4 Å². The normalized spacial score (nSPS) is 16.7. The zero-order chi connectivity index (χ0) is 35.9. The van der Waals surface area contributed by atoms with Gasteiger partial charge in [0.15, 0.2) is 23.2 Å². The number of oxime groups is 1. The summed E-state index contributed by atoms with van der Waals surface area (Å²) >= 11 is 0.980. The maximum Gasteiger partial charge on any atom is 0.351 e. The minimum Gasteiger partial charge on any atom is -0.724 e. The lowest BCUT2D eigenvalue weighted by Gasteiger charge is -2.51. The Bertz CT molecular complexity index is 1760. The fraction of sp³-hybridized carbons (Fsp3) is 0.448. The van der Waals surface area contributed by atoms with Crippen LogP contribution in [0.25, 0.3) is 11.1 Å². The molecule has 1 aromatic carbocycles. The van der Waals surface area contributed by atoms with Gasteiger partial charge < -0.3 is 36.4 Å². The van der Waals surface area contributed by atoms with Crippen LogP contribution in [0.15, 0.2) is 47.2 Å². The van der Waals surface area contributed by atoms with E-state index in [-0.39, 0.29) is 10.8 Å². The van der Waals surface area contributed by atoms with Crippen LogP contribution in [0.5, 0.6) is 5.75 Å². The summed E-state index contributed by atoms with van der Waals surface area (Å²) in [7, 11) is -5.24. The Hall–Kier alpha value is -4.47. The van der Waals surface area contributed by atoms with E-state index in [4.69, 9.17) is 26.8 Å². The summed E-state index contributed by atoms with van der Waals surface area (Å²) in [5.41, 5.74) is 17.1. The first kappa shape index (κ1) is 37.4. The summed E-state index contributed by atoms with van der Waals surface area (Å²) in [6.07, 6.45) is 3.49. The van der Waals surface area contributed by atoms with Gasteiger partial charge in [0.05, 0.1) is 29.8 Å². The van der Waals surface area contributed by atoms with Crippen molar-refractivity contribution in [3.05, 3.63) is 47.7 Å². The van der Waals surface area contributed by atoms with Gasteiger partial charge in [0.2, 0.25) is 16.6 Å². The number of β-lactam (4-membered cyclic amide) rings is 1. The number of hydrogen-bond acceptors (Lipinski definition) is 15. The van der Waals surface area contributed by atoms with E-state index >= 15 is 0 Å². The highest BCUT2D eigenvalue weighted by atomic mass is 32.3. The second-order valence-electron chi connectivity index (χ2n) is 11.6. The lowest BCUT2D eigenvalue weighted by Crippen LogP contribution is -2.68. The number of aliphatic carboxylic acids is 1. The highest BCUT2D eigenvalue weighted by Gasteiger charge is 2.57. The molecule has 0 bridgehead atoms. The van der Waals surface area contributed by atoms with Gasteiger partial charge in [-0.15, -0.1) is 16.0 Å². The molecule has 0 saturated carbocycles. The average molecular weight is 723 g/mol. The van der Waals surface area contributed by atoms with Crippen LogP contribution in [-0.4, -0.2) is 87.5 Å². The van der Waals surface area contributed by atoms with Gasteiger partial charge in [-0.25, -0.2) is 18.2 Å². The van der Waals surface area contributed by atoms with Gasteiger partial charge in [-0.2, -0.15) is 14.0 Å². The number of nitrogen functional groups attached to an aromatic ring is 1. The van der Waals surface area contributed by atoms with Crippen molar-refractivity contribution in [2.24, 2.45) is 22.5 Å². The number of hydrogen-bond donors (Lipinski definition) is 4. The number of thiazole rings is 1. The number of nitrogens with two attached hydrogens (primary N) is 3. The van der Waals surface area contributed by atoms with Crippen LogP contribution < -0.4 is 26.6 Å². The van der Waals surface area contributed by atoms with Crippen LogP contribution in [0, 0.1) is 5.92 Å². The van der Waals surface area contributed by atoms with Crippen molar-refractivity contribution in [3.63, 3.8) is 0 Å². The molecule has 0 aliphatic carbocycles. The van der Waals surface area contributed by atoms with Crippen molar-refractivity contribution in [2.45, 2.75) is 57.8 Å². The van der Waals surface area contributed by atoms with E-state index in [0.29, 0.717) is 23.9 Å². The topological polar surface area (TPSA) is 272 Å². The molecule has 4 rings (SSSR count). The molecule has 3 aromatic rings. The number of carboxylic acid groups (broad SMARTS) is 1. The van der Waals surface area contributed by atoms with E-state index in [1.54, 1.807) is 12.1 Å². The lowest BCUT2D eigenvalue weighted by atomic mass is 9.74. The van der Waals surface area contributed by atoms with Crippen molar-refractivity contribution < 1.29 is 51.0 Å². The zero-order valence-corrected chi connectivity index (χ0v) is 28.4. The third-order valence-electron chi connectivity index (χ3n) is 7.68. The van der Waals surface area contributed by atoms with Crippen molar-refractivity contribution >= 4 is 50.2 Å². The molecule has 3 heterocycles. The molecule has 2 aromatic heterocycles. The van der Waals surface area contributed by atoms with E-state index in [1.807, 2.05) is 24.5 Å². The van der Waals surface area contributed by atoms with Crippen molar-refractivity contribution in [1.29, 1.82) is 0 Å². The van der Waals surface area contributed by atoms with E-state index in [0.717, 1.165) is 48.4 Å². The molecule has 0 radical (unpaired) electrons. The van der Waals surface area contributed by atoms with E-state index in [1.165, 1.54) is 19.2 Å². The molecule has 49 heavy (non-hydrogen) atoms. The fourth-order valence-electron chi connectivity index (χ4n) is 5.01. The minimum atomic E-state index is -5.24. The molecule has 7 N–H and O–H groups in total. The third kappa shape index (κ3) is 9.37. The molecule has 1 aliphatic heterocycles. The smallest absolute Gasteiger partial charge is 0.351 e. The highest BCUT2D eigenvalue weighted by molar-refractivity contribution is 7.80. The van der Waals surface area contributed by atoms with Crippen LogP contribution in [0.4, 0.5) is 5.13 Å². The predicted octanol–water partition coefficient (Wildman–Crippen LogP) is 0.0198. The molecular formula is C29H38N8O10S2. The monoisotopic (exact) mass is 722 g/mol. The Morgan fingerprint density at radius 2 is 1.88 bits per heavy atom. The van der Waals surface area contributed by atoms with Gasteiger partial charge in [-0.05, 0) is 51.1 Å². The lowest BCUT2D eigenvalue weighted by molar-refractivity contribution is -0.775. The Morgan fingerprint density at radius 3 is 2.45 bits per heavy atom. The molecule has 18 nitrogen and oxygen atoms in total. The number of ketones is 1. The molecule has 1 fully saturated rings. The first-order chi connectivity index (χ1) is 23.1. The number of aromatic nitrogens is 3. The van der Waals surface area contributed by atoms with E-state index in [2.05, 4.69) is 23.8 Å². The third-order valence-corrected chi connectivity index (χ3v) is 8.69. The van der Waals surface area contributed by atoms with Gasteiger partial charge in [0, 0.05) is 18.2 Å².